The quantitative estimate of drug-likeness (QED) is 0.252. The molecule has 10 nitrogen and oxygen atoms in total. The fraction of sp³-hybridized carbons (Fsp3) is 0.444. The number of aliphatic hydroxyl groups excluding tert-OH is 2. The average Bonchev–Trinajstić information content (AvgIpc) is 3.40. The molecule has 11 heteroatoms. The van der Waals surface area contributed by atoms with Gasteiger partial charge in [-0.3, -0.25) is 14.4 Å². The Morgan fingerprint density at radius 3 is 2.71 bits per heavy atom. The van der Waals surface area contributed by atoms with Gasteiger partial charge in [-0.1, -0.05) is 6.42 Å². The second-order valence-corrected chi connectivity index (χ2v) is 10.6. The van der Waals surface area contributed by atoms with Crippen LogP contribution in [0.25, 0.3) is 0 Å². The first-order valence-corrected chi connectivity index (χ1v) is 13.5. The van der Waals surface area contributed by atoms with Crippen molar-refractivity contribution < 1.29 is 38.5 Å². The first-order valence-electron chi connectivity index (χ1n) is 12.4. The molecule has 1 saturated carbocycles. The summed E-state index contributed by atoms with van der Waals surface area (Å²) in [7, 11) is 1.44. The van der Waals surface area contributed by atoms with Crippen LogP contribution in [-0.4, -0.2) is 71.7 Å². The molecule has 1 heterocycles. The van der Waals surface area contributed by atoms with Gasteiger partial charge in [0.15, 0.2) is 11.5 Å². The molecule has 2 aliphatic carbocycles. The van der Waals surface area contributed by atoms with Gasteiger partial charge in [0.1, 0.15) is 18.5 Å². The Balaban J connectivity index is 1.70. The minimum atomic E-state index is -1.17. The SMILES string of the molecule is COc1cc(C=O)cc(I)c1OC1C=C(C(=O)NCCO)CC(N(Cc2ccoc2)C(=O)C2CCC2)C1O. The van der Waals surface area contributed by atoms with Crippen molar-refractivity contribution in [2.45, 2.75) is 50.5 Å². The van der Waals surface area contributed by atoms with E-state index in [1.54, 1.807) is 29.4 Å². The summed E-state index contributed by atoms with van der Waals surface area (Å²) in [5.74, 6) is -0.0279. The summed E-state index contributed by atoms with van der Waals surface area (Å²) in [5, 5.41) is 23.4. The van der Waals surface area contributed by atoms with Crippen molar-refractivity contribution >= 4 is 40.7 Å². The molecule has 1 aromatic heterocycles. The van der Waals surface area contributed by atoms with Crippen LogP contribution in [0.4, 0.5) is 0 Å². The first-order chi connectivity index (χ1) is 18.4. The van der Waals surface area contributed by atoms with Gasteiger partial charge in [-0.25, -0.2) is 0 Å². The lowest BCUT2D eigenvalue weighted by Gasteiger charge is -2.42. The van der Waals surface area contributed by atoms with Crippen molar-refractivity contribution in [3.8, 4) is 11.5 Å². The summed E-state index contributed by atoms with van der Waals surface area (Å²) >= 11 is 2.02. The van der Waals surface area contributed by atoms with Gasteiger partial charge in [0, 0.05) is 42.1 Å². The average molecular weight is 638 g/mol. The molecule has 1 aromatic carbocycles. The fourth-order valence-corrected chi connectivity index (χ4v) is 5.42. The van der Waals surface area contributed by atoms with E-state index < -0.39 is 24.2 Å². The molecule has 3 atom stereocenters. The van der Waals surface area contributed by atoms with Crippen LogP contribution < -0.4 is 14.8 Å². The third kappa shape index (κ3) is 6.21. The summed E-state index contributed by atoms with van der Waals surface area (Å²) in [6.07, 6.45) is 5.77. The van der Waals surface area contributed by atoms with Crippen molar-refractivity contribution in [1.82, 2.24) is 10.2 Å². The van der Waals surface area contributed by atoms with E-state index in [0.717, 1.165) is 24.8 Å². The van der Waals surface area contributed by atoms with E-state index in [4.69, 9.17) is 13.9 Å². The number of furan rings is 1. The zero-order valence-electron chi connectivity index (χ0n) is 21.0. The lowest BCUT2D eigenvalue weighted by Crippen LogP contribution is -2.56. The summed E-state index contributed by atoms with van der Waals surface area (Å²) in [4.78, 5) is 39.5. The van der Waals surface area contributed by atoms with Gasteiger partial charge in [-0.15, -0.1) is 0 Å². The van der Waals surface area contributed by atoms with Gasteiger partial charge in [-0.2, -0.15) is 0 Å². The van der Waals surface area contributed by atoms with Gasteiger partial charge in [0.2, 0.25) is 11.8 Å². The predicted octanol–water partition coefficient (Wildman–Crippen LogP) is 2.45. The van der Waals surface area contributed by atoms with Crippen LogP contribution in [0.1, 0.15) is 41.6 Å². The van der Waals surface area contributed by atoms with E-state index in [1.165, 1.54) is 19.4 Å². The number of carbonyl (C=O) groups excluding carboxylic acids is 3. The minimum Gasteiger partial charge on any atom is -0.493 e. The van der Waals surface area contributed by atoms with Crippen molar-refractivity contribution in [3.63, 3.8) is 0 Å². The summed E-state index contributed by atoms with van der Waals surface area (Å²) in [6.45, 7) is 0.0461. The number of hydrogen-bond donors (Lipinski definition) is 3. The van der Waals surface area contributed by atoms with E-state index in [0.29, 0.717) is 32.5 Å². The lowest BCUT2D eigenvalue weighted by atomic mass is 9.82. The molecule has 204 valence electrons. The highest BCUT2D eigenvalue weighted by Gasteiger charge is 2.43. The Hall–Kier alpha value is -2.90. The molecule has 3 unspecified atom stereocenters. The maximum Gasteiger partial charge on any atom is 0.247 e. The smallest absolute Gasteiger partial charge is 0.247 e. The molecule has 3 N–H and O–H groups in total. The highest BCUT2D eigenvalue weighted by Crippen LogP contribution is 2.38. The molecular weight excluding hydrogens is 607 g/mol. The maximum absolute atomic E-state index is 13.6. The second-order valence-electron chi connectivity index (χ2n) is 9.39. The number of rotatable bonds is 11. The van der Waals surface area contributed by atoms with Gasteiger partial charge < -0.3 is 34.3 Å². The maximum atomic E-state index is 13.6. The molecule has 2 aliphatic rings. The van der Waals surface area contributed by atoms with E-state index in [-0.39, 0.29) is 37.9 Å². The Bertz CT molecular complexity index is 1180. The van der Waals surface area contributed by atoms with Gasteiger partial charge >= 0.3 is 0 Å². The zero-order valence-corrected chi connectivity index (χ0v) is 23.1. The number of amides is 2. The summed E-state index contributed by atoms with van der Waals surface area (Å²) in [5.41, 5.74) is 1.50. The van der Waals surface area contributed by atoms with Gasteiger partial charge in [0.05, 0.1) is 35.9 Å². The largest absolute Gasteiger partial charge is 0.493 e. The summed E-state index contributed by atoms with van der Waals surface area (Å²) in [6, 6.07) is 4.15. The molecule has 38 heavy (non-hydrogen) atoms. The number of methoxy groups -OCH3 is 1. The molecule has 0 aliphatic heterocycles. The standard InChI is InChI=1S/C27H31IN2O8/c1-36-23-10-17(14-32)9-20(28)25(23)38-22-12-19(26(34)29-6-7-31)11-21(24(22)33)30(13-16-5-8-37-15-16)27(35)18-3-2-4-18/h5,8-10,12,14-15,18,21-22,24,31,33H,2-4,6-7,11,13H2,1H3,(H,29,34). The third-order valence-corrected chi connectivity index (χ3v) is 7.73. The van der Waals surface area contributed by atoms with Gasteiger partial charge in [-0.05, 0) is 59.7 Å². The van der Waals surface area contributed by atoms with Crippen molar-refractivity contribution in [2.24, 2.45) is 5.92 Å². The Morgan fingerprint density at radius 2 is 2.11 bits per heavy atom. The number of carbonyl (C=O) groups is 3. The Labute approximate surface area is 234 Å². The lowest BCUT2D eigenvalue weighted by molar-refractivity contribution is -0.146. The normalized spacial score (nSPS) is 21.2. The number of aliphatic hydroxyl groups is 2. The number of ether oxygens (including phenoxy) is 2. The highest BCUT2D eigenvalue weighted by molar-refractivity contribution is 14.1. The molecule has 4 rings (SSSR count). The van der Waals surface area contributed by atoms with Crippen molar-refractivity contribution in [2.75, 3.05) is 20.3 Å². The zero-order chi connectivity index (χ0) is 27.2. The molecule has 0 saturated heterocycles. The molecule has 1 fully saturated rings. The van der Waals surface area contributed by atoms with Crippen LogP contribution in [0.2, 0.25) is 0 Å². The van der Waals surface area contributed by atoms with Crippen LogP contribution in [0.15, 0.2) is 46.8 Å². The molecule has 2 amide bonds. The first kappa shape index (κ1) is 28.1. The molecule has 2 aromatic rings. The van der Waals surface area contributed by atoms with Crippen molar-refractivity contribution in [1.29, 1.82) is 0 Å². The van der Waals surface area contributed by atoms with E-state index in [9.17, 15) is 24.6 Å². The minimum absolute atomic E-state index is 0.0630. The molecular formula is C27H31IN2O8. The number of aldehydes is 1. The topological polar surface area (TPSA) is 139 Å². The van der Waals surface area contributed by atoms with Gasteiger partial charge in [0.25, 0.3) is 0 Å². The second kappa shape index (κ2) is 12.8. The van der Waals surface area contributed by atoms with Crippen LogP contribution in [-0.2, 0) is 16.1 Å². The van der Waals surface area contributed by atoms with E-state index in [1.807, 2.05) is 22.6 Å². The fourth-order valence-electron chi connectivity index (χ4n) is 4.67. The number of nitrogens with zero attached hydrogens (tertiary/aromatic N) is 1. The van der Waals surface area contributed by atoms with Crippen LogP contribution in [0.3, 0.4) is 0 Å². The summed E-state index contributed by atoms with van der Waals surface area (Å²) < 4.78 is 17.5. The number of hydrogen-bond acceptors (Lipinski definition) is 8. The van der Waals surface area contributed by atoms with Crippen LogP contribution in [0, 0.1) is 9.49 Å². The van der Waals surface area contributed by atoms with Crippen LogP contribution >= 0.6 is 22.6 Å². The Morgan fingerprint density at radius 1 is 1.32 bits per heavy atom. The predicted molar refractivity (Wildman–Crippen MR) is 145 cm³/mol. The molecule has 0 bridgehead atoms. The number of halogens is 1. The van der Waals surface area contributed by atoms with E-state index in [2.05, 4.69) is 5.32 Å². The number of benzene rings is 1. The monoisotopic (exact) mass is 638 g/mol. The van der Waals surface area contributed by atoms with Crippen molar-refractivity contribution in [3.05, 3.63) is 57.1 Å². The Kier molecular flexibility index (Phi) is 9.44. The molecule has 0 radical (unpaired) electrons. The highest BCUT2D eigenvalue weighted by atomic mass is 127. The van der Waals surface area contributed by atoms with Crippen LogP contribution in [0.5, 0.6) is 11.5 Å². The third-order valence-electron chi connectivity index (χ3n) is 6.93. The van der Waals surface area contributed by atoms with E-state index >= 15 is 0 Å². The molecule has 0 spiro atoms. The number of nitrogens with one attached hydrogen (secondary N) is 1.